The fourth-order valence-electron chi connectivity index (χ4n) is 1.61. The summed E-state index contributed by atoms with van der Waals surface area (Å²) >= 11 is 0. The number of hydrogen-bond acceptors (Lipinski definition) is 3. The predicted octanol–water partition coefficient (Wildman–Crippen LogP) is 1.05. The number of aromatic nitrogens is 1. The molecule has 1 aliphatic carbocycles. The van der Waals surface area contributed by atoms with E-state index in [1.165, 1.54) is 0 Å². The molecule has 1 atom stereocenters. The smallest absolute Gasteiger partial charge is 0.194 e. The van der Waals surface area contributed by atoms with Crippen LogP contribution in [0.2, 0.25) is 0 Å². The largest absolute Gasteiger partial charge is 0.445 e. The molecule has 1 aliphatic rings. The molecule has 1 aromatic heterocycles. The second-order valence-corrected chi connectivity index (χ2v) is 3.33. The molecule has 0 amide bonds. The van der Waals surface area contributed by atoms with Gasteiger partial charge in [-0.05, 0) is 12.8 Å². The van der Waals surface area contributed by atoms with Crippen molar-refractivity contribution in [1.29, 1.82) is 0 Å². The number of rotatable bonds is 1. The van der Waals surface area contributed by atoms with Crippen molar-refractivity contribution in [3.05, 3.63) is 17.3 Å². The van der Waals surface area contributed by atoms with Crippen LogP contribution in [0.15, 0.2) is 4.42 Å². The van der Waals surface area contributed by atoms with Gasteiger partial charge in [0.1, 0.15) is 5.76 Å². The van der Waals surface area contributed by atoms with Gasteiger partial charge in [-0.1, -0.05) is 6.92 Å². The van der Waals surface area contributed by atoms with Crippen molar-refractivity contribution < 1.29 is 4.42 Å². The van der Waals surface area contributed by atoms with E-state index in [1.807, 2.05) is 0 Å². The summed E-state index contributed by atoms with van der Waals surface area (Å²) in [6, 6.07) is 0.273. The first kappa shape index (κ1) is 7.80. The van der Waals surface area contributed by atoms with Crippen molar-refractivity contribution in [1.82, 2.24) is 4.98 Å². The highest BCUT2D eigenvalue weighted by Crippen LogP contribution is 2.21. The van der Waals surface area contributed by atoms with Gasteiger partial charge in [0, 0.05) is 18.9 Å². The Balaban J connectivity index is 2.28. The van der Waals surface area contributed by atoms with Crippen LogP contribution in [0.1, 0.15) is 30.7 Å². The standard InChI is InChI=1S/C9H14N2O/c1-2-9-11-7-4-3-6(10)5-8(7)12-9/h6H,2-5,10H2,1H3. The van der Waals surface area contributed by atoms with Crippen LogP contribution < -0.4 is 5.73 Å². The van der Waals surface area contributed by atoms with E-state index < -0.39 is 0 Å². The monoisotopic (exact) mass is 166 g/mol. The third-order valence-electron chi connectivity index (χ3n) is 2.32. The average Bonchev–Trinajstić information content (AvgIpc) is 2.46. The number of aryl methyl sites for hydroxylation is 2. The Kier molecular flexibility index (Phi) is 1.89. The van der Waals surface area contributed by atoms with Crippen molar-refractivity contribution in [3.63, 3.8) is 0 Å². The second-order valence-electron chi connectivity index (χ2n) is 3.33. The molecular formula is C9H14N2O. The molecule has 1 unspecified atom stereocenters. The van der Waals surface area contributed by atoms with E-state index in [2.05, 4.69) is 11.9 Å². The average molecular weight is 166 g/mol. The van der Waals surface area contributed by atoms with Gasteiger partial charge in [0.15, 0.2) is 5.89 Å². The topological polar surface area (TPSA) is 52.0 Å². The van der Waals surface area contributed by atoms with E-state index in [1.54, 1.807) is 0 Å². The van der Waals surface area contributed by atoms with Crippen molar-refractivity contribution in [2.24, 2.45) is 5.73 Å². The van der Waals surface area contributed by atoms with Crippen LogP contribution in [0, 0.1) is 0 Å². The third kappa shape index (κ3) is 1.25. The Bertz CT molecular complexity index is 280. The quantitative estimate of drug-likeness (QED) is 0.678. The highest BCUT2D eigenvalue weighted by molar-refractivity contribution is 5.15. The molecule has 3 heteroatoms. The van der Waals surface area contributed by atoms with Crippen molar-refractivity contribution in [3.8, 4) is 0 Å². The van der Waals surface area contributed by atoms with Crippen LogP contribution in [0.4, 0.5) is 0 Å². The minimum absolute atomic E-state index is 0.273. The number of nitrogens with zero attached hydrogens (tertiary/aromatic N) is 1. The summed E-state index contributed by atoms with van der Waals surface area (Å²) in [5.41, 5.74) is 6.95. The van der Waals surface area contributed by atoms with Gasteiger partial charge >= 0.3 is 0 Å². The maximum Gasteiger partial charge on any atom is 0.194 e. The van der Waals surface area contributed by atoms with E-state index in [0.717, 1.165) is 43.0 Å². The van der Waals surface area contributed by atoms with Gasteiger partial charge in [-0.25, -0.2) is 4.98 Å². The maximum absolute atomic E-state index is 5.81. The molecule has 2 rings (SSSR count). The van der Waals surface area contributed by atoms with Gasteiger partial charge < -0.3 is 10.2 Å². The molecule has 0 spiro atoms. The van der Waals surface area contributed by atoms with Crippen LogP contribution >= 0.6 is 0 Å². The summed E-state index contributed by atoms with van der Waals surface area (Å²) in [6.45, 7) is 2.05. The lowest BCUT2D eigenvalue weighted by Crippen LogP contribution is -2.27. The molecule has 2 N–H and O–H groups in total. The van der Waals surface area contributed by atoms with Gasteiger partial charge in [0.2, 0.25) is 0 Å². The number of oxazole rings is 1. The lowest BCUT2D eigenvalue weighted by molar-refractivity contribution is 0.424. The zero-order valence-electron chi connectivity index (χ0n) is 7.34. The minimum Gasteiger partial charge on any atom is -0.445 e. The highest BCUT2D eigenvalue weighted by atomic mass is 16.4. The molecule has 66 valence electrons. The van der Waals surface area contributed by atoms with Crippen molar-refractivity contribution in [2.75, 3.05) is 0 Å². The molecule has 0 fully saturated rings. The number of nitrogens with two attached hydrogens (primary N) is 1. The molecule has 0 aliphatic heterocycles. The first-order valence-electron chi connectivity index (χ1n) is 4.52. The summed E-state index contributed by atoms with van der Waals surface area (Å²) in [7, 11) is 0. The van der Waals surface area contributed by atoms with E-state index in [4.69, 9.17) is 10.2 Å². The molecule has 12 heavy (non-hydrogen) atoms. The van der Waals surface area contributed by atoms with Crippen molar-refractivity contribution >= 4 is 0 Å². The fourth-order valence-corrected chi connectivity index (χ4v) is 1.61. The Morgan fingerprint density at radius 2 is 2.50 bits per heavy atom. The molecule has 1 heterocycles. The fraction of sp³-hybridized carbons (Fsp3) is 0.667. The van der Waals surface area contributed by atoms with Crippen LogP contribution in [-0.2, 0) is 19.3 Å². The van der Waals surface area contributed by atoms with Crippen LogP contribution in [-0.4, -0.2) is 11.0 Å². The molecule has 1 aromatic rings. The summed E-state index contributed by atoms with van der Waals surface area (Å²) < 4.78 is 5.53. The minimum atomic E-state index is 0.273. The molecule has 3 nitrogen and oxygen atoms in total. The predicted molar refractivity (Wildman–Crippen MR) is 45.9 cm³/mol. The molecule has 0 aromatic carbocycles. The number of fused-ring (bicyclic) bond motifs is 1. The molecule has 0 saturated carbocycles. The molecule has 0 saturated heterocycles. The summed E-state index contributed by atoms with van der Waals surface area (Å²) in [5, 5.41) is 0. The van der Waals surface area contributed by atoms with Crippen LogP contribution in [0.3, 0.4) is 0 Å². The number of hydrogen-bond donors (Lipinski definition) is 1. The first-order valence-corrected chi connectivity index (χ1v) is 4.52. The lowest BCUT2D eigenvalue weighted by Gasteiger charge is -2.14. The second kappa shape index (κ2) is 2.90. The SMILES string of the molecule is CCc1nc2c(o1)CC(N)CC2. The Morgan fingerprint density at radius 3 is 3.25 bits per heavy atom. The van der Waals surface area contributed by atoms with E-state index in [-0.39, 0.29) is 6.04 Å². The zero-order chi connectivity index (χ0) is 8.55. The van der Waals surface area contributed by atoms with Gasteiger partial charge in [0.25, 0.3) is 0 Å². The molecular weight excluding hydrogens is 152 g/mol. The maximum atomic E-state index is 5.81. The summed E-state index contributed by atoms with van der Waals surface area (Å²) in [4.78, 5) is 4.38. The van der Waals surface area contributed by atoms with Crippen LogP contribution in [0.25, 0.3) is 0 Å². The zero-order valence-corrected chi connectivity index (χ0v) is 7.34. The molecule has 0 bridgehead atoms. The lowest BCUT2D eigenvalue weighted by atomic mass is 9.98. The Morgan fingerprint density at radius 1 is 1.67 bits per heavy atom. The first-order chi connectivity index (χ1) is 5.79. The highest BCUT2D eigenvalue weighted by Gasteiger charge is 2.20. The summed E-state index contributed by atoms with van der Waals surface area (Å²) in [6.07, 6.45) is 3.77. The van der Waals surface area contributed by atoms with Gasteiger partial charge in [-0.15, -0.1) is 0 Å². The van der Waals surface area contributed by atoms with Crippen LogP contribution in [0.5, 0.6) is 0 Å². The van der Waals surface area contributed by atoms with E-state index >= 15 is 0 Å². The van der Waals surface area contributed by atoms with E-state index in [0.29, 0.717) is 0 Å². The van der Waals surface area contributed by atoms with Crippen molar-refractivity contribution in [2.45, 2.75) is 38.6 Å². The third-order valence-corrected chi connectivity index (χ3v) is 2.32. The Hall–Kier alpha value is -0.830. The van der Waals surface area contributed by atoms with Gasteiger partial charge in [-0.3, -0.25) is 0 Å². The van der Waals surface area contributed by atoms with E-state index in [9.17, 15) is 0 Å². The van der Waals surface area contributed by atoms with Gasteiger partial charge in [-0.2, -0.15) is 0 Å². The summed E-state index contributed by atoms with van der Waals surface area (Å²) in [5.74, 6) is 1.87. The normalized spacial score (nSPS) is 22.3. The molecule has 0 radical (unpaired) electrons. The van der Waals surface area contributed by atoms with Gasteiger partial charge in [0.05, 0.1) is 5.69 Å². The Labute approximate surface area is 72.0 Å².